The molecule has 31 heavy (non-hydrogen) atoms. The zero-order valence-corrected chi connectivity index (χ0v) is 19.1. The number of methoxy groups -OCH3 is 1. The minimum Gasteiger partial charge on any atom is -0.497 e. The SMILES string of the molecule is COc1ccc(-n2nc(C(=O)Nc3cc(Cl)ccc3C)nc2-c2ccc(Br)cc2)cc1. The lowest BCUT2D eigenvalue weighted by atomic mass is 10.2. The van der Waals surface area contributed by atoms with E-state index in [9.17, 15) is 4.79 Å². The lowest BCUT2D eigenvalue weighted by Crippen LogP contribution is -2.15. The maximum absolute atomic E-state index is 12.9. The largest absolute Gasteiger partial charge is 0.497 e. The fraction of sp³-hybridized carbons (Fsp3) is 0.0870. The monoisotopic (exact) mass is 496 g/mol. The number of nitrogens with one attached hydrogen (secondary N) is 1. The van der Waals surface area contributed by atoms with Crippen molar-refractivity contribution in [3.05, 3.63) is 87.6 Å². The molecule has 0 aliphatic heterocycles. The number of amides is 1. The van der Waals surface area contributed by atoms with Crippen LogP contribution in [0.15, 0.2) is 71.2 Å². The van der Waals surface area contributed by atoms with E-state index in [1.54, 1.807) is 23.9 Å². The van der Waals surface area contributed by atoms with Crippen molar-refractivity contribution >= 4 is 39.1 Å². The standard InChI is InChI=1S/C23H18BrClN4O2/c1-14-3-8-17(25)13-20(14)26-23(30)21-27-22(15-4-6-16(24)7-5-15)29(28-21)18-9-11-19(31-2)12-10-18/h3-13H,1-2H3,(H,26,30). The van der Waals surface area contributed by atoms with Crippen LogP contribution in [0.5, 0.6) is 5.75 Å². The average Bonchev–Trinajstić information content (AvgIpc) is 3.22. The van der Waals surface area contributed by atoms with Crippen LogP contribution in [0.25, 0.3) is 17.1 Å². The summed E-state index contributed by atoms with van der Waals surface area (Å²) in [6.07, 6.45) is 0. The fourth-order valence-electron chi connectivity index (χ4n) is 3.00. The van der Waals surface area contributed by atoms with Crippen LogP contribution in [-0.4, -0.2) is 27.8 Å². The van der Waals surface area contributed by atoms with Crippen LogP contribution in [0.3, 0.4) is 0 Å². The summed E-state index contributed by atoms with van der Waals surface area (Å²) >= 11 is 9.52. The molecular formula is C23H18BrClN4O2. The first-order chi connectivity index (χ1) is 14.9. The Morgan fingerprint density at radius 3 is 2.45 bits per heavy atom. The molecule has 0 saturated heterocycles. The van der Waals surface area contributed by atoms with Gasteiger partial charge < -0.3 is 10.1 Å². The van der Waals surface area contributed by atoms with Gasteiger partial charge in [-0.15, -0.1) is 5.10 Å². The van der Waals surface area contributed by atoms with E-state index in [0.717, 1.165) is 27.0 Å². The van der Waals surface area contributed by atoms with Crippen LogP contribution in [0.2, 0.25) is 5.02 Å². The molecule has 1 N–H and O–H groups in total. The summed E-state index contributed by atoms with van der Waals surface area (Å²) in [6.45, 7) is 1.89. The summed E-state index contributed by atoms with van der Waals surface area (Å²) in [7, 11) is 1.61. The highest BCUT2D eigenvalue weighted by Crippen LogP contribution is 2.25. The smallest absolute Gasteiger partial charge is 0.295 e. The summed E-state index contributed by atoms with van der Waals surface area (Å²) in [5.41, 5.74) is 3.08. The summed E-state index contributed by atoms with van der Waals surface area (Å²) in [5.74, 6) is 0.901. The summed E-state index contributed by atoms with van der Waals surface area (Å²) in [4.78, 5) is 17.5. The molecule has 8 heteroatoms. The van der Waals surface area contributed by atoms with Crippen LogP contribution >= 0.6 is 27.5 Å². The van der Waals surface area contributed by atoms with Gasteiger partial charge in [0.2, 0.25) is 5.82 Å². The molecule has 3 aromatic carbocycles. The van der Waals surface area contributed by atoms with E-state index in [0.29, 0.717) is 16.5 Å². The molecule has 0 aliphatic rings. The Morgan fingerprint density at radius 2 is 1.77 bits per heavy atom. The van der Waals surface area contributed by atoms with Gasteiger partial charge >= 0.3 is 0 Å². The number of ether oxygens (including phenoxy) is 1. The molecule has 0 fully saturated rings. The zero-order valence-electron chi connectivity index (χ0n) is 16.8. The number of hydrogen-bond donors (Lipinski definition) is 1. The molecule has 6 nitrogen and oxygen atoms in total. The second-order valence-electron chi connectivity index (χ2n) is 6.79. The number of carbonyl (C=O) groups excluding carboxylic acids is 1. The topological polar surface area (TPSA) is 69.0 Å². The van der Waals surface area contributed by atoms with Gasteiger partial charge in [-0.2, -0.15) is 0 Å². The number of halogens is 2. The highest BCUT2D eigenvalue weighted by Gasteiger charge is 2.19. The number of anilines is 1. The third kappa shape index (κ3) is 4.62. The quantitative estimate of drug-likeness (QED) is 0.372. The molecule has 0 radical (unpaired) electrons. The highest BCUT2D eigenvalue weighted by atomic mass is 79.9. The second-order valence-corrected chi connectivity index (χ2v) is 8.14. The molecule has 4 rings (SSSR count). The lowest BCUT2D eigenvalue weighted by Gasteiger charge is -2.07. The Bertz CT molecular complexity index is 1240. The predicted octanol–water partition coefficient (Wildman–Crippen LogP) is 5.92. The van der Waals surface area contributed by atoms with Crippen molar-refractivity contribution in [1.82, 2.24) is 14.8 Å². The number of nitrogens with zero attached hydrogens (tertiary/aromatic N) is 3. The van der Waals surface area contributed by atoms with Gasteiger partial charge in [0.15, 0.2) is 5.82 Å². The third-order valence-electron chi connectivity index (χ3n) is 4.68. The Hall–Kier alpha value is -3.16. The van der Waals surface area contributed by atoms with E-state index in [-0.39, 0.29) is 5.82 Å². The highest BCUT2D eigenvalue weighted by molar-refractivity contribution is 9.10. The lowest BCUT2D eigenvalue weighted by molar-refractivity contribution is 0.101. The van der Waals surface area contributed by atoms with Crippen LogP contribution in [0, 0.1) is 6.92 Å². The van der Waals surface area contributed by atoms with Crippen LogP contribution in [0.1, 0.15) is 16.2 Å². The second kappa shape index (κ2) is 8.91. The van der Waals surface area contributed by atoms with E-state index in [1.165, 1.54) is 0 Å². The van der Waals surface area contributed by atoms with Gasteiger partial charge in [-0.25, -0.2) is 9.67 Å². The van der Waals surface area contributed by atoms with E-state index in [4.69, 9.17) is 16.3 Å². The number of aryl methyl sites for hydroxylation is 1. The number of aromatic nitrogens is 3. The minimum absolute atomic E-state index is 0.0492. The van der Waals surface area contributed by atoms with Crippen molar-refractivity contribution in [3.8, 4) is 22.8 Å². The Balaban J connectivity index is 1.75. The molecule has 0 atom stereocenters. The molecule has 0 bridgehead atoms. The number of hydrogen-bond acceptors (Lipinski definition) is 4. The third-order valence-corrected chi connectivity index (χ3v) is 5.44. The fourth-order valence-corrected chi connectivity index (χ4v) is 3.44. The van der Waals surface area contributed by atoms with Gasteiger partial charge in [0, 0.05) is 20.7 Å². The van der Waals surface area contributed by atoms with Crippen LogP contribution in [0.4, 0.5) is 5.69 Å². The molecule has 0 spiro atoms. The van der Waals surface area contributed by atoms with Crippen molar-refractivity contribution in [3.63, 3.8) is 0 Å². The predicted molar refractivity (Wildman–Crippen MR) is 125 cm³/mol. The minimum atomic E-state index is -0.420. The molecule has 1 aromatic heterocycles. The van der Waals surface area contributed by atoms with Crippen molar-refractivity contribution in [2.45, 2.75) is 6.92 Å². The van der Waals surface area contributed by atoms with Crippen LogP contribution in [-0.2, 0) is 0 Å². The molecule has 1 amide bonds. The van der Waals surface area contributed by atoms with Gasteiger partial charge in [-0.05, 0) is 61.0 Å². The maximum Gasteiger partial charge on any atom is 0.295 e. The molecule has 156 valence electrons. The van der Waals surface area contributed by atoms with Crippen molar-refractivity contribution in [2.24, 2.45) is 0 Å². The molecule has 0 aliphatic carbocycles. The normalized spacial score (nSPS) is 10.7. The molecule has 0 unspecified atom stereocenters. The van der Waals surface area contributed by atoms with Gasteiger partial charge in [0.25, 0.3) is 5.91 Å². The Kier molecular flexibility index (Phi) is 6.06. The van der Waals surface area contributed by atoms with Crippen molar-refractivity contribution in [2.75, 3.05) is 12.4 Å². The number of benzene rings is 3. The first-order valence-corrected chi connectivity index (χ1v) is 10.6. The number of carbonyl (C=O) groups is 1. The summed E-state index contributed by atoms with van der Waals surface area (Å²) in [5, 5.41) is 7.88. The zero-order chi connectivity index (χ0) is 22.0. The van der Waals surface area contributed by atoms with Crippen molar-refractivity contribution in [1.29, 1.82) is 0 Å². The van der Waals surface area contributed by atoms with E-state index in [2.05, 4.69) is 31.3 Å². The molecular weight excluding hydrogens is 480 g/mol. The first-order valence-electron chi connectivity index (χ1n) is 9.39. The van der Waals surface area contributed by atoms with E-state index < -0.39 is 5.91 Å². The van der Waals surface area contributed by atoms with Gasteiger partial charge in [-0.1, -0.05) is 45.7 Å². The van der Waals surface area contributed by atoms with E-state index >= 15 is 0 Å². The average molecular weight is 498 g/mol. The maximum atomic E-state index is 12.9. The van der Waals surface area contributed by atoms with Gasteiger partial charge in [-0.3, -0.25) is 4.79 Å². The molecule has 0 saturated carbocycles. The summed E-state index contributed by atoms with van der Waals surface area (Å²) in [6, 6.07) is 20.4. The first kappa shape index (κ1) is 21.1. The van der Waals surface area contributed by atoms with Gasteiger partial charge in [0.1, 0.15) is 5.75 Å². The van der Waals surface area contributed by atoms with Crippen LogP contribution < -0.4 is 10.1 Å². The Morgan fingerprint density at radius 1 is 1.06 bits per heavy atom. The van der Waals surface area contributed by atoms with E-state index in [1.807, 2.05) is 61.5 Å². The van der Waals surface area contributed by atoms with Crippen molar-refractivity contribution < 1.29 is 9.53 Å². The molecule has 1 heterocycles. The molecule has 4 aromatic rings. The Labute approximate surface area is 193 Å². The van der Waals surface area contributed by atoms with Gasteiger partial charge in [0.05, 0.1) is 12.8 Å². The number of rotatable bonds is 5. The summed E-state index contributed by atoms with van der Waals surface area (Å²) < 4.78 is 7.83.